The van der Waals surface area contributed by atoms with Gasteiger partial charge in [-0.1, -0.05) is 12.1 Å². The van der Waals surface area contributed by atoms with Crippen molar-refractivity contribution in [3.63, 3.8) is 0 Å². The Morgan fingerprint density at radius 1 is 1.29 bits per heavy atom. The van der Waals surface area contributed by atoms with Gasteiger partial charge in [0.05, 0.1) is 11.8 Å². The number of benzene rings is 1. The Kier molecular flexibility index (Phi) is 5.54. The predicted octanol–water partition coefficient (Wildman–Crippen LogP) is 1.79. The number of hydrogen-bond acceptors (Lipinski definition) is 3. The zero-order valence-corrected chi connectivity index (χ0v) is 14.0. The summed E-state index contributed by atoms with van der Waals surface area (Å²) in [5.74, 6) is -0.371. The third kappa shape index (κ3) is 4.70. The summed E-state index contributed by atoms with van der Waals surface area (Å²) in [7, 11) is -3.43. The smallest absolute Gasteiger partial charge is 0.354 e. The van der Waals surface area contributed by atoms with E-state index >= 15 is 0 Å². The molecule has 0 spiro atoms. The molecule has 0 bridgehead atoms. The van der Waals surface area contributed by atoms with Crippen molar-refractivity contribution in [1.82, 2.24) is 9.62 Å². The molecule has 1 aromatic carbocycles. The van der Waals surface area contributed by atoms with Gasteiger partial charge in [0, 0.05) is 13.1 Å². The fourth-order valence-corrected chi connectivity index (χ4v) is 3.83. The number of nitrogens with zero attached hydrogens (tertiary/aromatic N) is 1. The number of halogens is 3. The summed E-state index contributed by atoms with van der Waals surface area (Å²) in [4.78, 5) is 12.1. The Hall–Kier alpha value is -1.61. The van der Waals surface area contributed by atoms with Gasteiger partial charge in [0.2, 0.25) is 15.9 Å². The standard InChI is InChI=1S/C15H19F3N2O3S/c1-24(22,23)20-10-2-3-13(20)14(21)19-9-8-11-4-6-12(7-5-11)15(16,17)18/h4-7,13H,2-3,8-10H2,1H3,(H,19,21). The van der Waals surface area contributed by atoms with E-state index < -0.39 is 27.8 Å². The molecule has 1 aliphatic heterocycles. The molecule has 0 saturated carbocycles. The maximum atomic E-state index is 12.5. The van der Waals surface area contributed by atoms with Crippen molar-refractivity contribution in [2.24, 2.45) is 0 Å². The summed E-state index contributed by atoms with van der Waals surface area (Å²) in [5.41, 5.74) is -0.0558. The van der Waals surface area contributed by atoms with Gasteiger partial charge in [0.15, 0.2) is 0 Å². The minimum atomic E-state index is -4.37. The molecule has 1 fully saturated rings. The molecule has 1 unspecified atom stereocenters. The van der Waals surface area contributed by atoms with Gasteiger partial charge in [-0.3, -0.25) is 4.79 Å². The summed E-state index contributed by atoms with van der Waals surface area (Å²) in [6, 6.07) is 4.03. The van der Waals surface area contributed by atoms with E-state index in [1.165, 1.54) is 16.4 Å². The lowest BCUT2D eigenvalue weighted by molar-refractivity contribution is -0.137. The Balaban J connectivity index is 1.87. The van der Waals surface area contributed by atoms with Crippen LogP contribution in [0.5, 0.6) is 0 Å². The van der Waals surface area contributed by atoms with Crippen molar-refractivity contribution in [2.45, 2.75) is 31.5 Å². The Morgan fingerprint density at radius 3 is 2.46 bits per heavy atom. The zero-order chi connectivity index (χ0) is 18.0. The highest BCUT2D eigenvalue weighted by molar-refractivity contribution is 7.88. The average molecular weight is 364 g/mol. The summed E-state index contributed by atoms with van der Waals surface area (Å²) >= 11 is 0. The van der Waals surface area contributed by atoms with E-state index in [4.69, 9.17) is 0 Å². The van der Waals surface area contributed by atoms with Crippen LogP contribution in [0.15, 0.2) is 24.3 Å². The van der Waals surface area contributed by atoms with E-state index in [-0.39, 0.29) is 12.5 Å². The fraction of sp³-hybridized carbons (Fsp3) is 0.533. The van der Waals surface area contributed by atoms with Crippen LogP contribution in [0.4, 0.5) is 13.2 Å². The van der Waals surface area contributed by atoms with E-state index in [2.05, 4.69) is 5.32 Å². The van der Waals surface area contributed by atoms with Crippen LogP contribution in [-0.2, 0) is 27.4 Å². The molecule has 1 heterocycles. The van der Waals surface area contributed by atoms with Gasteiger partial charge in [-0.15, -0.1) is 0 Å². The van der Waals surface area contributed by atoms with Gasteiger partial charge in [0.1, 0.15) is 6.04 Å². The highest BCUT2D eigenvalue weighted by Gasteiger charge is 2.36. The van der Waals surface area contributed by atoms with E-state index in [0.717, 1.165) is 18.4 Å². The molecule has 1 aliphatic rings. The Labute approximate surface area is 138 Å². The maximum Gasteiger partial charge on any atom is 0.416 e. The highest BCUT2D eigenvalue weighted by atomic mass is 32.2. The first-order valence-corrected chi connectivity index (χ1v) is 9.34. The maximum absolute atomic E-state index is 12.5. The Bertz CT molecular complexity index is 687. The van der Waals surface area contributed by atoms with Crippen LogP contribution in [0.2, 0.25) is 0 Å². The van der Waals surface area contributed by atoms with Crippen molar-refractivity contribution in [3.05, 3.63) is 35.4 Å². The number of carbonyl (C=O) groups excluding carboxylic acids is 1. The molecule has 24 heavy (non-hydrogen) atoms. The van der Waals surface area contributed by atoms with Crippen LogP contribution in [-0.4, -0.2) is 44.0 Å². The molecule has 1 atom stereocenters. The molecule has 2 rings (SSSR count). The van der Waals surface area contributed by atoms with Gasteiger partial charge in [-0.05, 0) is 37.0 Å². The first-order chi connectivity index (χ1) is 11.1. The van der Waals surface area contributed by atoms with Gasteiger partial charge in [-0.2, -0.15) is 17.5 Å². The lowest BCUT2D eigenvalue weighted by Crippen LogP contribution is -2.45. The molecule has 134 valence electrons. The van der Waals surface area contributed by atoms with Gasteiger partial charge >= 0.3 is 6.18 Å². The number of carbonyl (C=O) groups is 1. The van der Waals surface area contributed by atoms with E-state index in [9.17, 15) is 26.4 Å². The number of sulfonamides is 1. The molecular formula is C15H19F3N2O3S. The average Bonchev–Trinajstić information content (AvgIpc) is 2.96. The molecule has 1 aromatic rings. The van der Waals surface area contributed by atoms with Crippen LogP contribution >= 0.6 is 0 Å². The monoisotopic (exact) mass is 364 g/mol. The lowest BCUT2D eigenvalue weighted by Gasteiger charge is -2.21. The Morgan fingerprint density at radius 2 is 1.92 bits per heavy atom. The largest absolute Gasteiger partial charge is 0.416 e. The van der Waals surface area contributed by atoms with Crippen molar-refractivity contribution < 1.29 is 26.4 Å². The van der Waals surface area contributed by atoms with Crippen LogP contribution < -0.4 is 5.32 Å². The van der Waals surface area contributed by atoms with Crippen molar-refractivity contribution in [3.8, 4) is 0 Å². The molecule has 1 saturated heterocycles. The molecule has 1 amide bonds. The molecule has 5 nitrogen and oxygen atoms in total. The second-order valence-corrected chi connectivity index (χ2v) is 7.70. The molecule has 0 aromatic heterocycles. The number of amides is 1. The summed E-state index contributed by atoms with van der Waals surface area (Å²) in [5, 5.41) is 2.65. The third-order valence-corrected chi connectivity index (χ3v) is 5.22. The lowest BCUT2D eigenvalue weighted by atomic mass is 10.1. The number of alkyl halides is 3. The first kappa shape index (κ1) is 18.7. The summed E-state index contributed by atoms with van der Waals surface area (Å²) in [6.07, 6.45) is -1.83. The van der Waals surface area contributed by atoms with Crippen molar-refractivity contribution in [2.75, 3.05) is 19.3 Å². The molecule has 0 radical (unpaired) electrons. The van der Waals surface area contributed by atoms with Crippen LogP contribution in [0.25, 0.3) is 0 Å². The molecular weight excluding hydrogens is 345 g/mol. The van der Waals surface area contributed by atoms with Crippen molar-refractivity contribution in [1.29, 1.82) is 0 Å². The summed E-state index contributed by atoms with van der Waals surface area (Å²) < 4.78 is 61.8. The minimum Gasteiger partial charge on any atom is -0.354 e. The normalized spacial score (nSPS) is 19.4. The van der Waals surface area contributed by atoms with Gasteiger partial charge < -0.3 is 5.32 Å². The second-order valence-electron chi connectivity index (χ2n) is 5.77. The van der Waals surface area contributed by atoms with Crippen molar-refractivity contribution >= 4 is 15.9 Å². The second kappa shape index (κ2) is 7.10. The number of nitrogens with one attached hydrogen (secondary N) is 1. The predicted molar refractivity (Wildman–Crippen MR) is 82.7 cm³/mol. The third-order valence-electron chi connectivity index (χ3n) is 3.93. The van der Waals surface area contributed by atoms with Crippen LogP contribution in [0.3, 0.4) is 0 Å². The van der Waals surface area contributed by atoms with E-state index in [1.807, 2.05) is 0 Å². The van der Waals surface area contributed by atoms with Gasteiger partial charge in [-0.25, -0.2) is 8.42 Å². The van der Waals surface area contributed by atoms with Gasteiger partial charge in [0.25, 0.3) is 0 Å². The fourth-order valence-electron chi connectivity index (χ4n) is 2.71. The molecule has 1 N–H and O–H groups in total. The minimum absolute atomic E-state index is 0.234. The van der Waals surface area contributed by atoms with Crippen LogP contribution in [0, 0.1) is 0 Å². The molecule has 0 aliphatic carbocycles. The first-order valence-electron chi connectivity index (χ1n) is 7.50. The molecule has 9 heteroatoms. The number of hydrogen-bond donors (Lipinski definition) is 1. The zero-order valence-electron chi connectivity index (χ0n) is 13.1. The van der Waals surface area contributed by atoms with E-state index in [0.29, 0.717) is 31.4 Å². The highest BCUT2D eigenvalue weighted by Crippen LogP contribution is 2.29. The summed E-state index contributed by atoms with van der Waals surface area (Å²) in [6.45, 7) is 0.564. The topological polar surface area (TPSA) is 66.5 Å². The quantitative estimate of drug-likeness (QED) is 0.866. The van der Waals surface area contributed by atoms with Crippen LogP contribution in [0.1, 0.15) is 24.0 Å². The van der Waals surface area contributed by atoms with E-state index in [1.54, 1.807) is 0 Å². The SMILES string of the molecule is CS(=O)(=O)N1CCCC1C(=O)NCCc1ccc(C(F)(F)F)cc1. The number of rotatable bonds is 5.